The summed E-state index contributed by atoms with van der Waals surface area (Å²) in [6.45, 7) is 5.58. The normalized spacial score (nSPS) is 13.1. The monoisotopic (exact) mass is 255 g/mol. The third kappa shape index (κ3) is 3.76. The van der Waals surface area contributed by atoms with Gasteiger partial charge in [0.2, 0.25) is 10.0 Å². The molecule has 5 nitrogen and oxygen atoms in total. The maximum Gasteiger partial charge on any atom is 0.238 e. The zero-order valence-electron chi connectivity index (χ0n) is 9.68. The van der Waals surface area contributed by atoms with E-state index in [1.54, 1.807) is 6.08 Å². The topological polar surface area (TPSA) is 98.2 Å². The van der Waals surface area contributed by atoms with Gasteiger partial charge in [0, 0.05) is 6.04 Å². The summed E-state index contributed by atoms with van der Waals surface area (Å²) in [4.78, 5) is 0.0417. The Balaban J connectivity index is 3.03. The van der Waals surface area contributed by atoms with Crippen LogP contribution in [0.4, 0.5) is 11.4 Å². The average molecular weight is 255 g/mol. The van der Waals surface area contributed by atoms with Gasteiger partial charge in [-0.05, 0) is 31.5 Å². The largest absolute Gasteiger partial charge is 0.397 e. The third-order valence-corrected chi connectivity index (χ3v) is 3.19. The van der Waals surface area contributed by atoms with Crippen molar-refractivity contribution in [3.63, 3.8) is 0 Å². The lowest BCUT2D eigenvalue weighted by Gasteiger charge is -2.15. The second-order valence-electron chi connectivity index (χ2n) is 3.86. The summed E-state index contributed by atoms with van der Waals surface area (Å²) in [5.74, 6) is 0. The Hall–Kier alpha value is -1.53. The lowest BCUT2D eigenvalue weighted by Crippen LogP contribution is -2.17. The molecule has 1 unspecified atom stereocenters. The van der Waals surface area contributed by atoms with E-state index in [0.29, 0.717) is 11.4 Å². The molecular formula is C11H17N3O2S. The molecule has 1 aromatic rings. The summed E-state index contributed by atoms with van der Waals surface area (Å²) in [5, 5.41) is 8.16. The number of nitrogen functional groups attached to an aromatic ring is 1. The molecule has 0 saturated carbocycles. The molecule has 94 valence electrons. The zero-order valence-corrected chi connectivity index (χ0v) is 10.5. The zero-order chi connectivity index (χ0) is 13.1. The molecule has 0 heterocycles. The van der Waals surface area contributed by atoms with E-state index >= 15 is 0 Å². The second-order valence-corrected chi connectivity index (χ2v) is 5.43. The van der Waals surface area contributed by atoms with Crippen LogP contribution >= 0.6 is 0 Å². The molecule has 0 bridgehead atoms. The minimum absolute atomic E-state index is 0.0417. The minimum atomic E-state index is -3.71. The van der Waals surface area contributed by atoms with Gasteiger partial charge < -0.3 is 11.1 Å². The highest BCUT2D eigenvalue weighted by molar-refractivity contribution is 7.89. The Morgan fingerprint density at radius 1 is 1.53 bits per heavy atom. The smallest absolute Gasteiger partial charge is 0.238 e. The molecule has 0 amide bonds. The number of nitrogens with one attached hydrogen (secondary N) is 1. The van der Waals surface area contributed by atoms with Crippen LogP contribution in [0.1, 0.15) is 13.3 Å². The van der Waals surface area contributed by atoms with Crippen molar-refractivity contribution >= 4 is 21.4 Å². The van der Waals surface area contributed by atoms with E-state index in [1.807, 2.05) is 6.92 Å². The first kappa shape index (κ1) is 13.5. The Bertz CT molecular complexity index is 511. The van der Waals surface area contributed by atoms with Crippen molar-refractivity contribution in [2.45, 2.75) is 24.3 Å². The van der Waals surface area contributed by atoms with Crippen molar-refractivity contribution in [2.24, 2.45) is 5.14 Å². The Kier molecular flexibility index (Phi) is 4.14. The Morgan fingerprint density at radius 3 is 2.71 bits per heavy atom. The average Bonchev–Trinajstić information content (AvgIpc) is 2.20. The van der Waals surface area contributed by atoms with Crippen molar-refractivity contribution in [3.05, 3.63) is 30.9 Å². The first-order valence-corrected chi connectivity index (χ1v) is 6.69. The van der Waals surface area contributed by atoms with E-state index in [-0.39, 0.29) is 10.9 Å². The maximum atomic E-state index is 11.2. The number of rotatable bonds is 5. The van der Waals surface area contributed by atoms with E-state index in [0.717, 1.165) is 6.42 Å². The van der Waals surface area contributed by atoms with Gasteiger partial charge in [0.15, 0.2) is 0 Å². The molecule has 0 spiro atoms. The fourth-order valence-electron chi connectivity index (χ4n) is 1.41. The standard InChI is InChI=1S/C11H17N3O2S/c1-3-4-8(2)14-11-7-9(17(13,15)16)5-6-10(11)12/h3,5-8,14H,1,4,12H2,2H3,(H2,13,15,16). The van der Waals surface area contributed by atoms with Gasteiger partial charge in [-0.1, -0.05) is 6.08 Å². The van der Waals surface area contributed by atoms with Crippen molar-refractivity contribution in [1.29, 1.82) is 0 Å². The van der Waals surface area contributed by atoms with E-state index in [9.17, 15) is 8.42 Å². The van der Waals surface area contributed by atoms with Gasteiger partial charge in [-0.25, -0.2) is 13.6 Å². The van der Waals surface area contributed by atoms with Crippen molar-refractivity contribution < 1.29 is 8.42 Å². The number of anilines is 2. The van der Waals surface area contributed by atoms with Crippen LogP contribution in [0.5, 0.6) is 0 Å². The quantitative estimate of drug-likeness (QED) is 0.545. The summed E-state index contributed by atoms with van der Waals surface area (Å²) in [7, 11) is -3.71. The summed E-state index contributed by atoms with van der Waals surface area (Å²) in [6.07, 6.45) is 2.52. The molecule has 6 heteroatoms. The number of nitrogens with two attached hydrogens (primary N) is 2. The first-order chi connectivity index (χ1) is 7.84. The van der Waals surface area contributed by atoms with Crippen LogP contribution in [0, 0.1) is 0 Å². The van der Waals surface area contributed by atoms with Gasteiger partial charge in [-0.3, -0.25) is 0 Å². The fourth-order valence-corrected chi connectivity index (χ4v) is 1.95. The molecule has 1 aromatic carbocycles. The molecule has 1 rings (SSSR count). The van der Waals surface area contributed by atoms with Crippen molar-refractivity contribution in [1.82, 2.24) is 0 Å². The van der Waals surface area contributed by atoms with Crippen molar-refractivity contribution in [2.75, 3.05) is 11.1 Å². The Labute approximate surface area is 102 Å². The third-order valence-electron chi connectivity index (χ3n) is 2.28. The fraction of sp³-hybridized carbons (Fsp3) is 0.273. The lowest BCUT2D eigenvalue weighted by atomic mass is 10.2. The van der Waals surface area contributed by atoms with Crippen LogP contribution in [0.25, 0.3) is 0 Å². The van der Waals surface area contributed by atoms with Gasteiger partial charge in [0.25, 0.3) is 0 Å². The molecule has 5 N–H and O–H groups in total. The Morgan fingerprint density at radius 2 is 2.18 bits per heavy atom. The van der Waals surface area contributed by atoms with Gasteiger partial charge in [0.1, 0.15) is 0 Å². The second kappa shape index (κ2) is 5.20. The van der Waals surface area contributed by atoms with Gasteiger partial charge >= 0.3 is 0 Å². The number of hydrogen-bond donors (Lipinski definition) is 3. The van der Waals surface area contributed by atoms with Gasteiger partial charge in [-0.2, -0.15) is 0 Å². The number of primary sulfonamides is 1. The lowest BCUT2D eigenvalue weighted by molar-refractivity contribution is 0.598. The van der Waals surface area contributed by atoms with Crippen LogP contribution in [0.3, 0.4) is 0 Å². The number of benzene rings is 1. The SMILES string of the molecule is C=CCC(C)Nc1cc(S(N)(=O)=O)ccc1N. The van der Waals surface area contributed by atoms with E-state index < -0.39 is 10.0 Å². The van der Waals surface area contributed by atoms with Crippen LogP contribution in [0.15, 0.2) is 35.7 Å². The predicted molar refractivity (Wildman–Crippen MR) is 70.1 cm³/mol. The molecule has 0 aromatic heterocycles. The van der Waals surface area contributed by atoms with E-state index in [2.05, 4.69) is 11.9 Å². The molecule has 0 saturated heterocycles. The van der Waals surface area contributed by atoms with Crippen LogP contribution in [0.2, 0.25) is 0 Å². The minimum Gasteiger partial charge on any atom is -0.397 e. The molecule has 0 aliphatic heterocycles. The molecule has 1 atom stereocenters. The maximum absolute atomic E-state index is 11.2. The molecule has 0 fully saturated rings. The molecule has 0 radical (unpaired) electrons. The molecule has 0 aliphatic carbocycles. The van der Waals surface area contributed by atoms with Crippen LogP contribution in [-0.2, 0) is 10.0 Å². The summed E-state index contributed by atoms with van der Waals surface area (Å²) in [5.41, 5.74) is 6.79. The van der Waals surface area contributed by atoms with E-state index in [4.69, 9.17) is 10.9 Å². The molecule has 0 aliphatic rings. The predicted octanol–water partition coefficient (Wildman–Crippen LogP) is 1.29. The molecular weight excluding hydrogens is 238 g/mol. The summed E-state index contributed by atoms with van der Waals surface area (Å²) in [6, 6.07) is 4.45. The number of hydrogen-bond acceptors (Lipinski definition) is 4. The highest BCUT2D eigenvalue weighted by Gasteiger charge is 2.11. The first-order valence-electron chi connectivity index (χ1n) is 5.14. The summed E-state index contributed by atoms with van der Waals surface area (Å²) < 4.78 is 22.4. The van der Waals surface area contributed by atoms with Crippen LogP contribution in [-0.4, -0.2) is 14.5 Å². The molecule has 17 heavy (non-hydrogen) atoms. The van der Waals surface area contributed by atoms with E-state index in [1.165, 1.54) is 18.2 Å². The van der Waals surface area contributed by atoms with Gasteiger partial charge in [-0.15, -0.1) is 6.58 Å². The van der Waals surface area contributed by atoms with Crippen LogP contribution < -0.4 is 16.2 Å². The highest BCUT2D eigenvalue weighted by atomic mass is 32.2. The van der Waals surface area contributed by atoms with Crippen molar-refractivity contribution in [3.8, 4) is 0 Å². The highest BCUT2D eigenvalue weighted by Crippen LogP contribution is 2.23. The number of sulfonamides is 1. The summed E-state index contributed by atoms with van der Waals surface area (Å²) >= 11 is 0. The van der Waals surface area contributed by atoms with Gasteiger partial charge in [0.05, 0.1) is 16.3 Å².